The van der Waals surface area contributed by atoms with Crippen molar-refractivity contribution in [2.45, 2.75) is 6.54 Å². The van der Waals surface area contributed by atoms with Gasteiger partial charge in [0, 0.05) is 11.4 Å². The van der Waals surface area contributed by atoms with Gasteiger partial charge in [-0.15, -0.1) is 10.2 Å². The maximum Gasteiger partial charge on any atom is 0.319 e. The fraction of sp³-hybridized carbons (Fsp3) is 0.0455. The molecule has 6 heteroatoms. The molecule has 0 spiro atoms. The summed E-state index contributed by atoms with van der Waals surface area (Å²) in [6, 6.07) is 27.3. The predicted molar refractivity (Wildman–Crippen MR) is 109 cm³/mol. The summed E-state index contributed by atoms with van der Waals surface area (Å²) in [7, 11) is 0. The lowest BCUT2D eigenvalue weighted by atomic mass is 10.1. The van der Waals surface area contributed by atoms with Crippen LogP contribution in [0.15, 0.2) is 91.3 Å². The molecule has 0 atom stereocenters. The molecule has 138 valence electrons. The Hall–Kier alpha value is -3.93. The second-order valence-corrected chi connectivity index (χ2v) is 6.20. The van der Waals surface area contributed by atoms with Crippen molar-refractivity contribution in [2.24, 2.45) is 0 Å². The number of hydrogen-bond donors (Lipinski definition) is 2. The Labute approximate surface area is 162 Å². The van der Waals surface area contributed by atoms with Crippen molar-refractivity contribution in [1.29, 1.82) is 0 Å². The number of hydrogen-bond acceptors (Lipinski definition) is 3. The lowest BCUT2D eigenvalue weighted by Gasteiger charge is -2.10. The molecule has 0 aliphatic rings. The van der Waals surface area contributed by atoms with Crippen LogP contribution in [0.1, 0.15) is 5.82 Å². The van der Waals surface area contributed by atoms with Crippen LogP contribution in [0.2, 0.25) is 0 Å². The van der Waals surface area contributed by atoms with Gasteiger partial charge in [-0.2, -0.15) is 0 Å². The van der Waals surface area contributed by atoms with Crippen LogP contribution in [-0.4, -0.2) is 20.8 Å². The normalized spacial score (nSPS) is 10.4. The van der Waals surface area contributed by atoms with Crippen molar-refractivity contribution in [3.8, 4) is 16.8 Å². The molecule has 0 saturated carbocycles. The molecule has 0 unspecified atom stereocenters. The van der Waals surface area contributed by atoms with E-state index in [9.17, 15) is 4.79 Å². The quantitative estimate of drug-likeness (QED) is 0.552. The average Bonchev–Trinajstić information content (AvgIpc) is 3.23. The van der Waals surface area contributed by atoms with Gasteiger partial charge in [-0.1, -0.05) is 60.7 Å². The van der Waals surface area contributed by atoms with Gasteiger partial charge in [0.15, 0.2) is 5.82 Å². The molecule has 4 rings (SSSR count). The summed E-state index contributed by atoms with van der Waals surface area (Å²) >= 11 is 0. The number of aromatic nitrogens is 3. The summed E-state index contributed by atoms with van der Waals surface area (Å²) in [6.45, 7) is 0.267. The van der Waals surface area contributed by atoms with Crippen LogP contribution >= 0.6 is 0 Å². The first-order valence-electron chi connectivity index (χ1n) is 8.94. The third-order valence-electron chi connectivity index (χ3n) is 4.31. The number of carbonyl (C=O) groups is 1. The standard InChI is InChI=1S/C22H19N5O/c28-22(23-15-21-26-24-16-27(21)20-9-5-2-6-10-20)25-19-13-11-18(12-14-19)17-7-3-1-4-8-17/h1-14,16H,15H2,(H2,23,25,28). The van der Waals surface area contributed by atoms with Gasteiger partial charge in [0.25, 0.3) is 0 Å². The van der Waals surface area contributed by atoms with Crippen LogP contribution in [0, 0.1) is 0 Å². The summed E-state index contributed by atoms with van der Waals surface area (Å²) in [5, 5.41) is 13.7. The molecule has 0 bridgehead atoms. The van der Waals surface area contributed by atoms with Gasteiger partial charge in [-0.3, -0.25) is 4.57 Å². The molecule has 28 heavy (non-hydrogen) atoms. The second-order valence-electron chi connectivity index (χ2n) is 6.20. The lowest BCUT2D eigenvalue weighted by Crippen LogP contribution is -2.29. The van der Waals surface area contributed by atoms with E-state index in [0.29, 0.717) is 5.82 Å². The topological polar surface area (TPSA) is 71.8 Å². The zero-order valence-corrected chi connectivity index (χ0v) is 15.1. The Morgan fingerprint density at radius 2 is 1.46 bits per heavy atom. The maximum atomic E-state index is 12.2. The number of nitrogens with zero attached hydrogens (tertiary/aromatic N) is 3. The molecule has 0 aliphatic carbocycles. The van der Waals surface area contributed by atoms with Crippen molar-refractivity contribution < 1.29 is 4.79 Å². The highest BCUT2D eigenvalue weighted by molar-refractivity contribution is 5.89. The van der Waals surface area contributed by atoms with Gasteiger partial charge in [-0.05, 0) is 35.4 Å². The van der Waals surface area contributed by atoms with Crippen molar-refractivity contribution in [1.82, 2.24) is 20.1 Å². The highest BCUT2D eigenvalue weighted by atomic mass is 16.2. The van der Waals surface area contributed by atoms with Gasteiger partial charge in [0.05, 0.1) is 6.54 Å². The molecule has 2 N–H and O–H groups in total. The van der Waals surface area contributed by atoms with E-state index in [1.54, 1.807) is 6.33 Å². The number of nitrogens with one attached hydrogen (secondary N) is 2. The minimum absolute atomic E-state index is 0.267. The fourth-order valence-electron chi connectivity index (χ4n) is 2.89. The minimum atomic E-state index is -0.296. The van der Waals surface area contributed by atoms with Crippen LogP contribution in [0.4, 0.5) is 10.5 Å². The van der Waals surface area contributed by atoms with Crippen LogP contribution in [0.5, 0.6) is 0 Å². The van der Waals surface area contributed by atoms with E-state index in [2.05, 4.69) is 33.0 Å². The zero-order valence-electron chi connectivity index (χ0n) is 15.1. The van der Waals surface area contributed by atoms with E-state index in [0.717, 1.165) is 22.5 Å². The largest absolute Gasteiger partial charge is 0.331 e. The van der Waals surface area contributed by atoms with Gasteiger partial charge in [0.2, 0.25) is 0 Å². The molecule has 2 amide bonds. The van der Waals surface area contributed by atoms with E-state index in [1.165, 1.54) is 0 Å². The minimum Gasteiger partial charge on any atom is -0.331 e. The summed E-state index contributed by atoms with van der Waals surface area (Å²) in [5.74, 6) is 0.653. The summed E-state index contributed by atoms with van der Waals surface area (Å²) < 4.78 is 1.84. The van der Waals surface area contributed by atoms with Crippen molar-refractivity contribution in [3.05, 3.63) is 97.1 Å². The van der Waals surface area contributed by atoms with Crippen molar-refractivity contribution in [3.63, 3.8) is 0 Å². The first-order chi connectivity index (χ1) is 13.8. The molecule has 0 aliphatic heterocycles. The van der Waals surface area contributed by atoms with Crippen LogP contribution < -0.4 is 10.6 Å². The zero-order chi connectivity index (χ0) is 19.2. The fourth-order valence-corrected chi connectivity index (χ4v) is 2.89. The number of para-hydroxylation sites is 1. The lowest BCUT2D eigenvalue weighted by molar-refractivity contribution is 0.251. The average molecular weight is 369 g/mol. The number of amides is 2. The van der Waals surface area contributed by atoms with Crippen molar-refractivity contribution in [2.75, 3.05) is 5.32 Å². The third-order valence-corrected chi connectivity index (χ3v) is 4.31. The number of anilines is 1. The highest BCUT2D eigenvalue weighted by Gasteiger charge is 2.08. The highest BCUT2D eigenvalue weighted by Crippen LogP contribution is 2.20. The Balaban J connectivity index is 1.36. The van der Waals surface area contributed by atoms with E-state index in [-0.39, 0.29) is 12.6 Å². The molecular weight excluding hydrogens is 350 g/mol. The van der Waals surface area contributed by atoms with Gasteiger partial charge >= 0.3 is 6.03 Å². The molecule has 3 aromatic carbocycles. The first kappa shape index (κ1) is 17.5. The monoisotopic (exact) mass is 369 g/mol. The van der Waals surface area contributed by atoms with Gasteiger partial charge in [-0.25, -0.2) is 4.79 Å². The number of benzene rings is 3. The predicted octanol–water partition coefficient (Wildman–Crippen LogP) is 4.26. The van der Waals surface area contributed by atoms with E-state index < -0.39 is 0 Å². The molecule has 0 radical (unpaired) electrons. The summed E-state index contributed by atoms with van der Waals surface area (Å²) in [4.78, 5) is 12.2. The third kappa shape index (κ3) is 4.07. The summed E-state index contributed by atoms with van der Waals surface area (Å²) in [5.41, 5.74) is 3.91. The van der Waals surface area contributed by atoms with E-state index in [1.807, 2.05) is 77.4 Å². The Kier molecular flexibility index (Phi) is 5.11. The Morgan fingerprint density at radius 3 is 2.18 bits per heavy atom. The van der Waals surface area contributed by atoms with Crippen molar-refractivity contribution >= 4 is 11.7 Å². The molecule has 1 aromatic heterocycles. The number of carbonyl (C=O) groups excluding carboxylic acids is 1. The van der Waals surface area contributed by atoms with Gasteiger partial charge < -0.3 is 10.6 Å². The maximum absolute atomic E-state index is 12.2. The molecular formula is C22H19N5O. The van der Waals surface area contributed by atoms with Crippen LogP contribution in [0.3, 0.4) is 0 Å². The van der Waals surface area contributed by atoms with Crippen LogP contribution in [0.25, 0.3) is 16.8 Å². The molecule has 0 fully saturated rings. The first-order valence-corrected chi connectivity index (χ1v) is 8.94. The molecule has 6 nitrogen and oxygen atoms in total. The molecule has 4 aromatic rings. The smallest absolute Gasteiger partial charge is 0.319 e. The van der Waals surface area contributed by atoms with Gasteiger partial charge in [0.1, 0.15) is 6.33 Å². The SMILES string of the molecule is O=C(NCc1nncn1-c1ccccc1)Nc1ccc(-c2ccccc2)cc1. The Morgan fingerprint density at radius 1 is 0.821 bits per heavy atom. The molecule has 0 saturated heterocycles. The molecule has 1 heterocycles. The summed E-state index contributed by atoms with van der Waals surface area (Å²) in [6.07, 6.45) is 1.63. The van der Waals surface area contributed by atoms with E-state index >= 15 is 0 Å². The number of rotatable bonds is 5. The Bertz CT molecular complexity index is 1040. The second kappa shape index (κ2) is 8.18. The number of urea groups is 1. The van der Waals surface area contributed by atoms with Crippen LogP contribution in [-0.2, 0) is 6.54 Å². The van der Waals surface area contributed by atoms with E-state index in [4.69, 9.17) is 0 Å².